The van der Waals surface area contributed by atoms with Gasteiger partial charge in [-0.05, 0) is 32.4 Å². The van der Waals surface area contributed by atoms with Gasteiger partial charge in [-0.25, -0.2) is 0 Å². The Kier molecular flexibility index (Phi) is 4.78. The van der Waals surface area contributed by atoms with Gasteiger partial charge in [0.05, 0.1) is 11.1 Å². The number of nitriles is 1. The molecule has 0 atom stereocenters. The van der Waals surface area contributed by atoms with Crippen LogP contribution in [-0.4, -0.2) is 33.6 Å². The highest BCUT2D eigenvalue weighted by Gasteiger charge is 2.15. The molecular formula is C16H21N3O. The zero-order valence-electron chi connectivity index (χ0n) is 12.1. The molecule has 0 aromatic carbocycles. The maximum atomic E-state index is 9.41. The van der Waals surface area contributed by atoms with Crippen molar-refractivity contribution in [1.29, 1.82) is 5.26 Å². The lowest BCUT2D eigenvalue weighted by Crippen LogP contribution is -2.31. The van der Waals surface area contributed by atoms with Gasteiger partial charge in [0.1, 0.15) is 6.07 Å². The van der Waals surface area contributed by atoms with Gasteiger partial charge < -0.3 is 9.51 Å². The largest absolute Gasteiger partial charge is 0.396 e. The first kappa shape index (κ1) is 14.6. The Morgan fingerprint density at radius 2 is 2.20 bits per heavy atom. The molecule has 4 heteroatoms. The molecule has 0 saturated heterocycles. The summed E-state index contributed by atoms with van der Waals surface area (Å²) in [4.78, 5) is 2.28. The van der Waals surface area contributed by atoms with Crippen molar-refractivity contribution in [2.24, 2.45) is 0 Å². The molecule has 0 fully saturated rings. The second-order valence-corrected chi connectivity index (χ2v) is 5.28. The third-order valence-corrected chi connectivity index (χ3v) is 3.58. The first-order valence-corrected chi connectivity index (χ1v) is 7.01. The van der Waals surface area contributed by atoms with Gasteiger partial charge in [-0.3, -0.25) is 4.90 Å². The van der Waals surface area contributed by atoms with Crippen LogP contribution in [0.15, 0.2) is 30.6 Å². The van der Waals surface area contributed by atoms with Gasteiger partial charge in [0.25, 0.3) is 0 Å². The van der Waals surface area contributed by atoms with Gasteiger partial charge >= 0.3 is 0 Å². The molecule has 2 aromatic heterocycles. The minimum absolute atomic E-state index is 0.200. The zero-order valence-corrected chi connectivity index (χ0v) is 12.1. The molecule has 0 radical (unpaired) electrons. The molecule has 0 aliphatic heterocycles. The van der Waals surface area contributed by atoms with Crippen molar-refractivity contribution in [2.45, 2.75) is 32.9 Å². The second kappa shape index (κ2) is 6.56. The molecule has 0 saturated carbocycles. The molecule has 2 aromatic rings. The van der Waals surface area contributed by atoms with Crippen molar-refractivity contribution in [1.82, 2.24) is 9.30 Å². The molecule has 2 heterocycles. The summed E-state index contributed by atoms with van der Waals surface area (Å²) in [5, 5.41) is 18.4. The van der Waals surface area contributed by atoms with Gasteiger partial charge in [0, 0.05) is 43.7 Å². The predicted molar refractivity (Wildman–Crippen MR) is 79.4 cm³/mol. The number of aliphatic hydroxyl groups excluding tert-OH is 1. The standard InChI is InChI=1S/C16H21N3O/c1-13(2)18(8-5-9-20)11-14-12-19-7-4-3-6-16(19)15(14)10-17/h3-4,6-7,12-13,20H,5,8-9,11H2,1-2H3. The Morgan fingerprint density at radius 3 is 2.85 bits per heavy atom. The van der Waals surface area contributed by atoms with Crippen LogP contribution >= 0.6 is 0 Å². The topological polar surface area (TPSA) is 51.7 Å². The van der Waals surface area contributed by atoms with E-state index in [0.717, 1.165) is 36.2 Å². The average Bonchev–Trinajstić information content (AvgIpc) is 2.80. The molecule has 0 unspecified atom stereocenters. The molecule has 106 valence electrons. The van der Waals surface area contributed by atoms with Gasteiger partial charge in [0.15, 0.2) is 0 Å². The van der Waals surface area contributed by atoms with E-state index in [1.807, 2.05) is 35.0 Å². The fourth-order valence-electron chi connectivity index (χ4n) is 2.44. The van der Waals surface area contributed by atoms with E-state index >= 15 is 0 Å². The van der Waals surface area contributed by atoms with E-state index in [4.69, 9.17) is 5.11 Å². The maximum absolute atomic E-state index is 9.41. The summed E-state index contributed by atoms with van der Waals surface area (Å²) in [5.41, 5.74) is 2.75. The average molecular weight is 271 g/mol. The number of pyridine rings is 1. The zero-order chi connectivity index (χ0) is 14.5. The highest BCUT2D eigenvalue weighted by atomic mass is 16.3. The first-order chi connectivity index (χ1) is 9.67. The van der Waals surface area contributed by atoms with E-state index in [9.17, 15) is 5.26 Å². The highest BCUT2D eigenvalue weighted by Crippen LogP contribution is 2.20. The van der Waals surface area contributed by atoms with Crippen LogP contribution in [0.2, 0.25) is 0 Å². The predicted octanol–water partition coefficient (Wildman–Crippen LogP) is 2.40. The summed E-state index contributed by atoms with van der Waals surface area (Å²) in [6.45, 7) is 6.05. The lowest BCUT2D eigenvalue weighted by Gasteiger charge is -2.25. The van der Waals surface area contributed by atoms with Crippen LogP contribution < -0.4 is 0 Å². The van der Waals surface area contributed by atoms with Crippen LogP contribution in [0.25, 0.3) is 5.52 Å². The quantitative estimate of drug-likeness (QED) is 0.877. The van der Waals surface area contributed by atoms with Crippen molar-refractivity contribution < 1.29 is 5.11 Å². The fraction of sp³-hybridized carbons (Fsp3) is 0.438. The fourth-order valence-corrected chi connectivity index (χ4v) is 2.44. The number of nitrogens with zero attached hydrogens (tertiary/aromatic N) is 3. The Hall–Kier alpha value is -1.83. The summed E-state index contributed by atoms with van der Waals surface area (Å²) >= 11 is 0. The Bertz CT molecular complexity index is 610. The summed E-state index contributed by atoms with van der Waals surface area (Å²) in [6.07, 6.45) is 4.75. The third kappa shape index (κ3) is 3.01. The minimum Gasteiger partial charge on any atom is -0.396 e. The van der Waals surface area contributed by atoms with E-state index in [1.54, 1.807) is 0 Å². The van der Waals surface area contributed by atoms with Crippen molar-refractivity contribution in [3.8, 4) is 6.07 Å². The maximum Gasteiger partial charge on any atom is 0.102 e. The van der Waals surface area contributed by atoms with Gasteiger partial charge in [-0.2, -0.15) is 5.26 Å². The van der Waals surface area contributed by atoms with Gasteiger partial charge in [-0.1, -0.05) is 6.07 Å². The third-order valence-electron chi connectivity index (χ3n) is 3.58. The normalized spacial score (nSPS) is 11.4. The summed E-state index contributed by atoms with van der Waals surface area (Å²) < 4.78 is 2.00. The molecule has 4 nitrogen and oxygen atoms in total. The van der Waals surface area contributed by atoms with Crippen LogP contribution in [0.4, 0.5) is 0 Å². The summed E-state index contributed by atoms with van der Waals surface area (Å²) in [7, 11) is 0. The van der Waals surface area contributed by atoms with Crippen LogP contribution in [0, 0.1) is 11.3 Å². The van der Waals surface area contributed by atoms with Crippen molar-refractivity contribution in [3.05, 3.63) is 41.7 Å². The smallest absolute Gasteiger partial charge is 0.102 e. The van der Waals surface area contributed by atoms with E-state index in [1.165, 1.54) is 0 Å². The number of aliphatic hydroxyl groups is 1. The van der Waals surface area contributed by atoms with Gasteiger partial charge in [-0.15, -0.1) is 0 Å². The second-order valence-electron chi connectivity index (χ2n) is 5.28. The number of aromatic nitrogens is 1. The molecule has 0 aliphatic rings. The van der Waals surface area contributed by atoms with Crippen LogP contribution in [0.5, 0.6) is 0 Å². The van der Waals surface area contributed by atoms with Gasteiger partial charge in [0.2, 0.25) is 0 Å². The lowest BCUT2D eigenvalue weighted by molar-refractivity contribution is 0.185. The Labute approximate surface area is 119 Å². The van der Waals surface area contributed by atoms with Crippen molar-refractivity contribution in [2.75, 3.05) is 13.2 Å². The Morgan fingerprint density at radius 1 is 1.40 bits per heavy atom. The number of hydrogen-bond donors (Lipinski definition) is 1. The molecule has 1 N–H and O–H groups in total. The molecule has 0 spiro atoms. The summed E-state index contributed by atoms with van der Waals surface area (Å²) in [5.74, 6) is 0. The molecule has 2 rings (SSSR count). The van der Waals surface area contributed by atoms with E-state index in [-0.39, 0.29) is 6.61 Å². The summed E-state index contributed by atoms with van der Waals surface area (Å²) in [6, 6.07) is 8.59. The number of rotatable bonds is 6. The molecular weight excluding hydrogens is 250 g/mol. The lowest BCUT2D eigenvalue weighted by atomic mass is 10.1. The highest BCUT2D eigenvalue weighted by molar-refractivity contribution is 5.65. The molecule has 0 amide bonds. The first-order valence-electron chi connectivity index (χ1n) is 7.01. The monoisotopic (exact) mass is 271 g/mol. The van der Waals surface area contributed by atoms with Crippen molar-refractivity contribution >= 4 is 5.52 Å². The molecule has 20 heavy (non-hydrogen) atoms. The minimum atomic E-state index is 0.200. The van der Waals surface area contributed by atoms with Crippen LogP contribution in [0.1, 0.15) is 31.4 Å². The molecule has 0 bridgehead atoms. The molecule has 0 aliphatic carbocycles. The van der Waals surface area contributed by atoms with E-state index in [2.05, 4.69) is 24.8 Å². The van der Waals surface area contributed by atoms with E-state index in [0.29, 0.717) is 6.04 Å². The number of fused-ring (bicyclic) bond motifs is 1. The number of hydrogen-bond acceptors (Lipinski definition) is 3. The Balaban J connectivity index is 2.30. The van der Waals surface area contributed by atoms with Crippen molar-refractivity contribution in [3.63, 3.8) is 0 Å². The van der Waals surface area contributed by atoms with Crippen LogP contribution in [0.3, 0.4) is 0 Å². The van der Waals surface area contributed by atoms with Crippen LogP contribution in [-0.2, 0) is 6.54 Å². The SMILES string of the molecule is CC(C)N(CCCO)Cc1cn2ccccc2c1C#N. The van der Waals surface area contributed by atoms with E-state index < -0.39 is 0 Å².